The summed E-state index contributed by atoms with van der Waals surface area (Å²) in [6.45, 7) is 10.9. The van der Waals surface area contributed by atoms with Gasteiger partial charge in [0.1, 0.15) is 17.8 Å². The number of oxime groups is 1. The van der Waals surface area contributed by atoms with Crippen molar-refractivity contribution in [2.45, 2.75) is 135 Å². The molecule has 1 unspecified atom stereocenters. The molecule has 3 aliphatic heterocycles. The van der Waals surface area contributed by atoms with Gasteiger partial charge in [-0.1, -0.05) is 45.2 Å². The third-order valence-electron chi connectivity index (χ3n) is 11.6. The molecule has 2 aliphatic carbocycles. The van der Waals surface area contributed by atoms with E-state index in [0.717, 1.165) is 67.4 Å². The Morgan fingerprint density at radius 2 is 1.66 bits per heavy atom. The number of nitrogens with zero attached hydrogens (tertiary/aromatic N) is 2. The number of methoxy groups -OCH3 is 1. The summed E-state index contributed by atoms with van der Waals surface area (Å²) in [5.41, 5.74) is 1.75. The molecule has 4 fully saturated rings. The van der Waals surface area contributed by atoms with E-state index in [1.54, 1.807) is 7.11 Å². The van der Waals surface area contributed by atoms with Gasteiger partial charge in [-0.2, -0.15) is 0 Å². The molecule has 1 aromatic rings. The van der Waals surface area contributed by atoms with Crippen molar-refractivity contribution in [3.8, 4) is 5.75 Å². The van der Waals surface area contributed by atoms with Crippen LogP contribution in [0.5, 0.6) is 5.75 Å². The van der Waals surface area contributed by atoms with Gasteiger partial charge in [0.25, 0.3) is 5.91 Å². The molecule has 13 nitrogen and oxygen atoms in total. The molecular formula is C40H57N5O8. The molecule has 1 aromatic carbocycles. The van der Waals surface area contributed by atoms with E-state index in [0.29, 0.717) is 31.8 Å². The molecule has 2 saturated carbocycles. The Kier molecular flexibility index (Phi) is 11.5. The maximum Gasteiger partial charge on any atom is 0.289 e. The predicted octanol–water partition coefficient (Wildman–Crippen LogP) is 3.65. The molecule has 3 heterocycles. The highest BCUT2D eigenvalue weighted by Gasteiger charge is 2.56. The number of nitrogens with one attached hydrogen (secondary N) is 3. The second-order valence-corrected chi connectivity index (χ2v) is 17.2. The first-order chi connectivity index (χ1) is 25.2. The van der Waals surface area contributed by atoms with E-state index in [-0.39, 0.29) is 43.2 Å². The van der Waals surface area contributed by atoms with Gasteiger partial charge in [-0.05, 0) is 86.5 Å². The quantitative estimate of drug-likeness (QED) is 0.259. The predicted molar refractivity (Wildman–Crippen MR) is 197 cm³/mol. The minimum Gasteiger partial charge on any atom is -0.496 e. The number of ether oxygens (including phenoxy) is 2. The second-order valence-electron chi connectivity index (χ2n) is 17.2. The Hall–Kier alpha value is -4.00. The molecule has 0 bridgehead atoms. The van der Waals surface area contributed by atoms with E-state index in [9.17, 15) is 24.0 Å². The number of aryl methyl sites for hydroxylation is 2. The fourth-order valence-corrected chi connectivity index (χ4v) is 8.17. The van der Waals surface area contributed by atoms with E-state index in [1.165, 1.54) is 4.90 Å². The summed E-state index contributed by atoms with van der Waals surface area (Å²) >= 11 is 0. The van der Waals surface area contributed by atoms with Crippen molar-refractivity contribution < 1.29 is 38.3 Å². The number of carbonyl (C=O) groups is 5. The smallest absolute Gasteiger partial charge is 0.289 e. The molecule has 6 rings (SSSR count). The number of likely N-dealkylation sites (tertiary alicyclic amines) is 1. The topological polar surface area (TPSA) is 165 Å². The van der Waals surface area contributed by atoms with Crippen LogP contribution in [0.15, 0.2) is 17.3 Å². The Morgan fingerprint density at radius 1 is 0.981 bits per heavy atom. The molecule has 0 aromatic heterocycles. The van der Waals surface area contributed by atoms with Crippen molar-refractivity contribution in [2.75, 3.05) is 26.9 Å². The van der Waals surface area contributed by atoms with Gasteiger partial charge in [0.05, 0.1) is 25.4 Å². The Bertz CT molecular complexity index is 1600. The van der Waals surface area contributed by atoms with Crippen LogP contribution in [0.25, 0.3) is 0 Å². The van der Waals surface area contributed by atoms with Crippen LogP contribution in [0.2, 0.25) is 0 Å². The molecule has 2 saturated heterocycles. The normalized spacial score (nSPS) is 24.5. The van der Waals surface area contributed by atoms with E-state index >= 15 is 0 Å². The zero-order valence-electron chi connectivity index (χ0n) is 32.2. The highest BCUT2D eigenvalue weighted by atomic mass is 16.7. The number of ketones is 1. The van der Waals surface area contributed by atoms with Crippen LogP contribution in [-0.4, -0.2) is 96.7 Å². The number of carbonyl (C=O) groups excluding carboxylic acids is 5. The molecule has 1 spiro atoms. The third-order valence-corrected chi connectivity index (χ3v) is 11.6. The zero-order chi connectivity index (χ0) is 38.1. The van der Waals surface area contributed by atoms with Gasteiger partial charge in [-0.25, -0.2) is 0 Å². The summed E-state index contributed by atoms with van der Waals surface area (Å²) in [7, 11) is 1.64. The average molecular weight is 736 g/mol. The van der Waals surface area contributed by atoms with Crippen molar-refractivity contribution in [2.24, 2.45) is 22.4 Å². The number of benzene rings is 1. The molecule has 4 amide bonds. The van der Waals surface area contributed by atoms with E-state index < -0.39 is 52.6 Å². The van der Waals surface area contributed by atoms with Crippen LogP contribution in [0.4, 0.5) is 0 Å². The molecule has 290 valence electrons. The van der Waals surface area contributed by atoms with Crippen LogP contribution < -0.4 is 20.7 Å². The van der Waals surface area contributed by atoms with E-state index in [1.807, 2.05) is 46.8 Å². The summed E-state index contributed by atoms with van der Waals surface area (Å²) < 4.78 is 11.0. The van der Waals surface area contributed by atoms with Crippen LogP contribution >= 0.6 is 0 Å². The molecular weight excluding hydrogens is 678 g/mol. The summed E-state index contributed by atoms with van der Waals surface area (Å²) in [6.07, 6.45) is 7.25. The van der Waals surface area contributed by atoms with Crippen LogP contribution in [0.1, 0.15) is 108 Å². The summed E-state index contributed by atoms with van der Waals surface area (Å²) in [5.74, 6) is -1.31. The lowest BCUT2D eigenvalue weighted by molar-refractivity contribution is -0.145. The lowest BCUT2D eigenvalue weighted by Gasteiger charge is -2.36. The van der Waals surface area contributed by atoms with Gasteiger partial charge in [-0.3, -0.25) is 24.0 Å². The van der Waals surface area contributed by atoms with Gasteiger partial charge in [0.2, 0.25) is 23.5 Å². The van der Waals surface area contributed by atoms with Crippen LogP contribution in [-0.2, 0) is 33.5 Å². The number of hydrogen-bond acceptors (Lipinski definition) is 9. The van der Waals surface area contributed by atoms with Gasteiger partial charge < -0.3 is 35.2 Å². The standard InChI is InChI=1S/C40H57N5O8/c1-23-16-27(17-24(2)34(23)51-6)30-20-40(53-44-30)21-31(36(48)42-29(18-25-8-7-9-25)33(47)37(49)41-28-10-11-28)45(22-40)38(50)35(39(3,4)5)43-32(46)19-26-12-14-52-15-13-26/h16-17,25-26,28-29,31,35H,7-15,18-22H2,1-6H3,(H,41,49)(H,42,48)(H,43,46)/t29?,31-,35+,40+/m0/s1. The zero-order valence-corrected chi connectivity index (χ0v) is 32.2. The first kappa shape index (κ1) is 38.7. The maximum atomic E-state index is 14.7. The average Bonchev–Trinajstić information content (AvgIpc) is 3.68. The lowest BCUT2D eigenvalue weighted by atomic mass is 9.80. The van der Waals surface area contributed by atoms with Gasteiger partial charge >= 0.3 is 0 Å². The van der Waals surface area contributed by atoms with Gasteiger partial charge in [0, 0.05) is 44.1 Å². The van der Waals surface area contributed by atoms with Crippen molar-refractivity contribution in [1.29, 1.82) is 0 Å². The highest BCUT2D eigenvalue weighted by molar-refractivity contribution is 6.38. The summed E-state index contributed by atoms with van der Waals surface area (Å²) in [6, 6.07) is 0.989. The van der Waals surface area contributed by atoms with Crippen molar-refractivity contribution in [3.63, 3.8) is 0 Å². The van der Waals surface area contributed by atoms with Crippen molar-refractivity contribution >= 4 is 35.1 Å². The van der Waals surface area contributed by atoms with E-state index in [4.69, 9.17) is 14.3 Å². The summed E-state index contributed by atoms with van der Waals surface area (Å²) in [4.78, 5) is 76.8. The first-order valence-corrected chi connectivity index (χ1v) is 19.4. The number of amides is 4. The fraction of sp³-hybridized carbons (Fsp3) is 0.700. The molecule has 4 atom stereocenters. The maximum absolute atomic E-state index is 14.7. The number of rotatable bonds is 13. The number of Topliss-reactive ketones (excluding diaryl/α,β-unsaturated/α-hetero) is 1. The van der Waals surface area contributed by atoms with Crippen molar-refractivity contribution in [3.05, 3.63) is 28.8 Å². The monoisotopic (exact) mass is 735 g/mol. The first-order valence-electron chi connectivity index (χ1n) is 19.4. The minimum absolute atomic E-state index is 0.00251. The third kappa shape index (κ3) is 9.04. The second kappa shape index (κ2) is 15.8. The Balaban J connectivity index is 1.26. The van der Waals surface area contributed by atoms with Crippen molar-refractivity contribution in [1.82, 2.24) is 20.9 Å². The molecule has 53 heavy (non-hydrogen) atoms. The Labute approximate surface area is 312 Å². The minimum atomic E-state index is -1.03. The molecule has 5 aliphatic rings. The van der Waals surface area contributed by atoms with Crippen LogP contribution in [0.3, 0.4) is 0 Å². The molecule has 13 heteroatoms. The molecule has 3 N–H and O–H groups in total. The van der Waals surface area contributed by atoms with E-state index in [2.05, 4.69) is 21.1 Å². The van der Waals surface area contributed by atoms with Gasteiger partial charge in [-0.15, -0.1) is 0 Å². The fourth-order valence-electron chi connectivity index (χ4n) is 8.17. The largest absolute Gasteiger partial charge is 0.496 e. The lowest BCUT2D eigenvalue weighted by Crippen LogP contribution is -2.59. The molecule has 0 radical (unpaired) electrons. The summed E-state index contributed by atoms with van der Waals surface area (Å²) in [5, 5.41) is 13.2. The SMILES string of the molecule is COc1c(C)cc(C2=NO[C@]3(C2)C[C@@H](C(=O)NC(CC2CCC2)C(=O)C(=O)NC2CC2)N(C(=O)[C@@H](NC(=O)CC2CCOCC2)C(C)(C)C)C3)cc1C. The highest BCUT2D eigenvalue weighted by Crippen LogP contribution is 2.41. The number of hydrogen-bond donors (Lipinski definition) is 3. The van der Waals surface area contributed by atoms with Gasteiger partial charge in [0.15, 0.2) is 5.60 Å². The Morgan fingerprint density at radius 3 is 2.25 bits per heavy atom. The van der Waals surface area contributed by atoms with Crippen LogP contribution in [0, 0.1) is 31.1 Å².